The van der Waals surface area contributed by atoms with Gasteiger partial charge in [0, 0.05) is 13.1 Å². The first-order valence-corrected chi connectivity index (χ1v) is 12.2. The number of carbonyl (C=O) groups is 1. The minimum Gasteiger partial charge on any atom is -0.383 e. The molecule has 0 saturated heterocycles. The molecule has 0 bridgehead atoms. The molecule has 3 heterocycles. The number of nitrogens with zero attached hydrogens (tertiary/aromatic N) is 5. The predicted molar refractivity (Wildman–Crippen MR) is 133 cm³/mol. The van der Waals surface area contributed by atoms with Gasteiger partial charge in [-0.3, -0.25) is 23.5 Å². The lowest BCUT2D eigenvalue weighted by molar-refractivity contribution is -0.116. The number of hydrogen-bond acceptors (Lipinski definition) is 7. The third kappa shape index (κ3) is 4.45. The Morgan fingerprint density at radius 2 is 2.03 bits per heavy atom. The zero-order valence-corrected chi connectivity index (χ0v) is 20.2. The van der Waals surface area contributed by atoms with Crippen molar-refractivity contribution < 1.29 is 4.79 Å². The van der Waals surface area contributed by atoms with Gasteiger partial charge in [-0.2, -0.15) is 0 Å². The van der Waals surface area contributed by atoms with E-state index in [1.165, 1.54) is 21.2 Å². The van der Waals surface area contributed by atoms with E-state index in [4.69, 9.17) is 5.73 Å². The number of carbonyl (C=O) groups excluding carboxylic acids is 1. The maximum atomic E-state index is 13.4. The number of nitrogens with two attached hydrogens (primary N) is 1. The molecule has 1 amide bonds. The highest BCUT2D eigenvalue weighted by Crippen LogP contribution is 2.25. The van der Waals surface area contributed by atoms with E-state index in [1.807, 2.05) is 49.4 Å². The van der Waals surface area contributed by atoms with Crippen LogP contribution in [0.3, 0.4) is 0 Å². The summed E-state index contributed by atoms with van der Waals surface area (Å²) in [6.45, 7) is 6.52. The van der Waals surface area contributed by atoms with Gasteiger partial charge in [0.1, 0.15) is 5.82 Å². The number of anilines is 2. The summed E-state index contributed by atoms with van der Waals surface area (Å²) in [4.78, 5) is 46.6. The summed E-state index contributed by atoms with van der Waals surface area (Å²) in [5.74, 6) is 0.436. The smallest absolute Gasteiger partial charge is 0.330 e. The third-order valence-corrected chi connectivity index (χ3v) is 6.32. The van der Waals surface area contributed by atoms with Crippen molar-refractivity contribution in [1.82, 2.24) is 29.1 Å². The van der Waals surface area contributed by atoms with E-state index >= 15 is 0 Å². The summed E-state index contributed by atoms with van der Waals surface area (Å²) in [6, 6.07) is 7.66. The Hall–Kier alpha value is -3.54. The van der Waals surface area contributed by atoms with Gasteiger partial charge < -0.3 is 10.6 Å². The molecule has 4 rings (SSSR count). The van der Waals surface area contributed by atoms with Crippen LogP contribution in [0.15, 0.2) is 39.0 Å². The second kappa shape index (κ2) is 9.75. The molecule has 4 aromatic rings. The molecule has 34 heavy (non-hydrogen) atoms. The van der Waals surface area contributed by atoms with Crippen LogP contribution in [0.25, 0.3) is 16.8 Å². The number of nitrogens with one attached hydrogen (secondary N) is 2. The van der Waals surface area contributed by atoms with Gasteiger partial charge in [0.25, 0.3) is 5.56 Å². The van der Waals surface area contributed by atoms with Crippen molar-refractivity contribution in [1.29, 1.82) is 0 Å². The molecule has 3 aromatic heterocycles. The average molecular weight is 485 g/mol. The Morgan fingerprint density at radius 3 is 2.76 bits per heavy atom. The SMILES string of the molecule is CCCCN(C(=O)CSc1n[nH]c2nc3ccccc3n12)c1c(N)n(CC(C)C)c(=O)[nH]c1=O. The van der Waals surface area contributed by atoms with Crippen molar-refractivity contribution in [3.05, 3.63) is 45.1 Å². The van der Waals surface area contributed by atoms with Gasteiger partial charge in [-0.25, -0.2) is 14.9 Å². The average Bonchev–Trinajstić information content (AvgIpc) is 3.36. The Kier molecular flexibility index (Phi) is 6.77. The van der Waals surface area contributed by atoms with Crippen molar-refractivity contribution in [3.8, 4) is 0 Å². The molecule has 0 saturated carbocycles. The minimum absolute atomic E-state index is 0.000309. The number of rotatable bonds is 9. The van der Waals surface area contributed by atoms with Crippen molar-refractivity contribution in [2.24, 2.45) is 5.92 Å². The van der Waals surface area contributed by atoms with Crippen LogP contribution in [0.5, 0.6) is 0 Å². The van der Waals surface area contributed by atoms with Gasteiger partial charge in [-0.15, -0.1) is 5.10 Å². The fraction of sp³-hybridized carbons (Fsp3) is 0.409. The lowest BCUT2D eigenvalue weighted by atomic mass is 10.2. The number of benzene rings is 1. The molecule has 0 unspecified atom stereocenters. The number of hydrogen-bond donors (Lipinski definition) is 3. The van der Waals surface area contributed by atoms with Crippen molar-refractivity contribution in [2.75, 3.05) is 22.9 Å². The number of imidazole rings is 1. The second-order valence-electron chi connectivity index (χ2n) is 8.45. The molecule has 11 nitrogen and oxygen atoms in total. The molecule has 0 fully saturated rings. The van der Waals surface area contributed by atoms with Crippen LogP contribution in [-0.2, 0) is 11.3 Å². The minimum atomic E-state index is -0.667. The number of aromatic amines is 2. The first kappa shape index (κ1) is 23.6. The Balaban J connectivity index is 1.65. The number of unbranched alkanes of at least 4 members (excludes halogenated alkanes) is 1. The van der Waals surface area contributed by atoms with Gasteiger partial charge in [0.15, 0.2) is 10.8 Å². The van der Waals surface area contributed by atoms with Gasteiger partial charge in [-0.05, 0) is 24.5 Å². The highest BCUT2D eigenvalue weighted by atomic mass is 32.2. The van der Waals surface area contributed by atoms with Crippen LogP contribution in [0.1, 0.15) is 33.6 Å². The number of thioether (sulfide) groups is 1. The summed E-state index contributed by atoms with van der Waals surface area (Å²) in [7, 11) is 0. The molecule has 0 aliphatic carbocycles. The van der Waals surface area contributed by atoms with Crippen molar-refractivity contribution in [3.63, 3.8) is 0 Å². The molecule has 1 aromatic carbocycles. The Bertz CT molecular complexity index is 1450. The molecule has 0 aliphatic rings. The first-order chi connectivity index (χ1) is 16.3. The van der Waals surface area contributed by atoms with Crippen molar-refractivity contribution >= 4 is 46.0 Å². The quantitative estimate of drug-likeness (QED) is 0.309. The molecule has 0 radical (unpaired) electrons. The third-order valence-electron chi connectivity index (χ3n) is 5.40. The van der Waals surface area contributed by atoms with E-state index in [0.29, 0.717) is 30.4 Å². The molecule has 0 atom stereocenters. The normalized spacial score (nSPS) is 11.6. The van der Waals surface area contributed by atoms with Gasteiger partial charge in [0.05, 0.1) is 16.8 Å². The van der Waals surface area contributed by atoms with E-state index < -0.39 is 11.2 Å². The van der Waals surface area contributed by atoms with Crippen molar-refractivity contribution in [2.45, 2.75) is 45.3 Å². The number of fused-ring (bicyclic) bond motifs is 3. The molecule has 0 spiro atoms. The maximum absolute atomic E-state index is 13.4. The van der Waals surface area contributed by atoms with Gasteiger partial charge >= 0.3 is 5.69 Å². The maximum Gasteiger partial charge on any atom is 0.330 e. The summed E-state index contributed by atoms with van der Waals surface area (Å²) >= 11 is 1.24. The number of nitrogen functional groups attached to an aromatic ring is 1. The van der Waals surface area contributed by atoms with Crippen LogP contribution in [0, 0.1) is 5.92 Å². The van der Waals surface area contributed by atoms with E-state index in [0.717, 1.165) is 17.5 Å². The highest BCUT2D eigenvalue weighted by Gasteiger charge is 2.25. The van der Waals surface area contributed by atoms with E-state index in [2.05, 4.69) is 20.2 Å². The molecule has 180 valence electrons. The van der Waals surface area contributed by atoms with E-state index in [-0.39, 0.29) is 29.1 Å². The second-order valence-corrected chi connectivity index (χ2v) is 9.39. The molecular weight excluding hydrogens is 456 g/mol. The van der Waals surface area contributed by atoms with Crippen LogP contribution in [-0.4, -0.2) is 47.3 Å². The number of para-hydroxylation sites is 2. The first-order valence-electron chi connectivity index (χ1n) is 11.2. The summed E-state index contributed by atoms with van der Waals surface area (Å²) in [6.07, 6.45) is 1.50. The zero-order chi connectivity index (χ0) is 24.4. The fourth-order valence-corrected chi connectivity index (χ4v) is 4.64. The van der Waals surface area contributed by atoms with Crippen LogP contribution in [0.4, 0.5) is 11.5 Å². The lowest BCUT2D eigenvalue weighted by Gasteiger charge is -2.24. The molecule has 0 aliphatic heterocycles. The molecule has 4 N–H and O–H groups in total. The number of H-pyrrole nitrogens is 2. The van der Waals surface area contributed by atoms with Crippen LogP contribution < -0.4 is 21.9 Å². The fourth-order valence-electron chi connectivity index (χ4n) is 3.81. The molecule has 12 heteroatoms. The van der Waals surface area contributed by atoms with Gasteiger partial charge in [0.2, 0.25) is 11.7 Å². The topological polar surface area (TPSA) is 147 Å². The Labute approximate surface area is 199 Å². The summed E-state index contributed by atoms with van der Waals surface area (Å²) in [5, 5.41) is 7.77. The van der Waals surface area contributed by atoms with Crippen LogP contribution >= 0.6 is 11.8 Å². The monoisotopic (exact) mass is 484 g/mol. The van der Waals surface area contributed by atoms with Crippen LogP contribution in [0.2, 0.25) is 0 Å². The van der Waals surface area contributed by atoms with E-state index in [1.54, 1.807) is 0 Å². The summed E-state index contributed by atoms with van der Waals surface area (Å²) < 4.78 is 3.17. The van der Waals surface area contributed by atoms with Gasteiger partial charge in [-0.1, -0.05) is 51.1 Å². The Morgan fingerprint density at radius 1 is 1.26 bits per heavy atom. The number of aromatic nitrogens is 6. The molecular formula is C22H28N8O3S. The number of amides is 1. The summed E-state index contributed by atoms with van der Waals surface area (Å²) in [5.41, 5.74) is 6.74. The highest BCUT2D eigenvalue weighted by molar-refractivity contribution is 7.99. The zero-order valence-electron chi connectivity index (χ0n) is 19.4. The standard InChI is InChI=1S/C22H28N8O3S/c1-4-5-10-28(17-18(23)29(11-13(2)3)21(33)25-19(17)32)16(31)12-34-22-27-26-20-24-14-8-6-7-9-15(14)30(20)22/h6-9,13H,4-5,10-12,23H2,1-3H3,(H,24,26)(H,25,32,33). The van der Waals surface area contributed by atoms with E-state index in [9.17, 15) is 14.4 Å². The largest absolute Gasteiger partial charge is 0.383 e. The lowest BCUT2D eigenvalue weighted by Crippen LogP contribution is -2.42. The predicted octanol–water partition coefficient (Wildman–Crippen LogP) is 2.22.